The lowest BCUT2D eigenvalue weighted by atomic mass is 10.2. The van der Waals surface area contributed by atoms with Crippen LogP contribution in [0.5, 0.6) is 11.5 Å². The average molecular weight is 310 g/mol. The van der Waals surface area contributed by atoms with Gasteiger partial charge in [-0.3, -0.25) is 9.78 Å². The number of hydrogen-bond donors (Lipinski definition) is 0. The predicted molar refractivity (Wildman–Crippen MR) is 86.9 cm³/mol. The van der Waals surface area contributed by atoms with Gasteiger partial charge in [0.2, 0.25) is 12.7 Å². The molecule has 2 aromatic rings. The smallest absolute Gasteiger partial charge is 0.246 e. The van der Waals surface area contributed by atoms with Crippen LogP contribution in [0.4, 0.5) is 0 Å². The maximum atomic E-state index is 12.3. The molecule has 1 aliphatic heterocycles. The van der Waals surface area contributed by atoms with Crippen molar-refractivity contribution in [2.75, 3.05) is 13.3 Å². The van der Waals surface area contributed by atoms with E-state index in [1.54, 1.807) is 23.2 Å². The number of hydrogen-bond acceptors (Lipinski definition) is 4. The van der Waals surface area contributed by atoms with Crippen molar-refractivity contribution in [1.29, 1.82) is 0 Å². The van der Waals surface area contributed by atoms with Crippen molar-refractivity contribution in [2.45, 2.75) is 13.5 Å². The third-order valence-electron chi connectivity index (χ3n) is 3.59. The van der Waals surface area contributed by atoms with E-state index in [0.717, 1.165) is 22.8 Å². The average Bonchev–Trinajstić information content (AvgIpc) is 3.06. The summed E-state index contributed by atoms with van der Waals surface area (Å²) >= 11 is 0. The summed E-state index contributed by atoms with van der Waals surface area (Å²) in [5.41, 5.74) is 1.77. The summed E-state index contributed by atoms with van der Waals surface area (Å²) in [5, 5.41) is 0. The second kappa shape index (κ2) is 6.96. The maximum absolute atomic E-state index is 12.3. The third-order valence-corrected chi connectivity index (χ3v) is 3.59. The SMILES string of the molecule is CCN(Cc1ccc2c(c1)OCO2)C(=O)/C=C/c1ccccn1. The van der Waals surface area contributed by atoms with Gasteiger partial charge in [0.15, 0.2) is 11.5 Å². The van der Waals surface area contributed by atoms with Crippen LogP contribution in [0.3, 0.4) is 0 Å². The van der Waals surface area contributed by atoms with Gasteiger partial charge in [0.1, 0.15) is 0 Å². The molecule has 1 aliphatic rings. The zero-order valence-electron chi connectivity index (χ0n) is 12.9. The molecule has 0 saturated carbocycles. The molecule has 2 heterocycles. The van der Waals surface area contributed by atoms with Gasteiger partial charge in [-0.15, -0.1) is 0 Å². The third kappa shape index (κ3) is 3.69. The second-order valence-corrected chi connectivity index (χ2v) is 5.13. The Labute approximate surface area is 135 Å². The van der Waals surface area contributed by atoms with Gasteiger partial charge in [-0.2, -0.15) is 0 Å². The fourth-order valence-corrected chi connectivity index (χ4v) is 2.34. The van der Waals surface area contributed by atoms with E-state index in [0.29, 0.717) is 13.1 Å². The van der Waals surface area contributed by atoms with Crippen molar-refractivity contribution in [3.8, 4) is 11.5 Å². The molecule has 5 heteroatoms. The molecule has 0 aliphatic carbocycles. The second-order valence-electron chi connectivity index (χ2n) is 5.13. The monoisotopic (exact) mass is 310 g/mol. The van der Waals surface area contributed by atoms with E-state index in [1.807, 2.05) is 43.3 Å². The lowest BCUT2D eigenvalue weighted by Crippen LogP contribution is -2.28. The summed E-state index contributed by atoms with van der Waals surface area (Å²) in [5.74, 6) is 1.43. The number of ether oxygens (including phenoxy) is 2. The van der Waals surface area contributed by atoms with Crippen LogP contribution in [-0.2, 0) is 11.3 Å². The van der Waals surface area contributed by atoms with E-state index >= 15 is 0 Å². The van der Waals surface area contributed by atoms with E-state index in [2.05, 4.69) is 4.98 Å². The predicted octanol–water partition coefficient (Wildman–Crippen LogP) is 2.87. The molecule has 1 amide bonds. The zero-order valence-corrected chi connectivity index (χ0v) is 12.9. The number of fused-ring (bicyclic) bond motifs is 1. The van der Waals surface area contributed by atoms with Crippen LogP contribution in [0.15, 0.2) is 48.7 Å². The molecule has 0 fully saturated rings. The Kier molecular flexibility index (Phi) is 4.57. The number of aromatic nitrogens is 1. The summed E-state index contributed by atoms with van der Waals surface area (Å²) in [6.45, 7) is 3.36. The minimum Gasteiger partial charge on any atom is -0.454 e. The van der Waals surface area contributed by atoms with Gasteiger partial charge in [-0.25, -0.2) is 0 Å². The fourth-order valence-electron chi connectivity index (χ4n) is 2.34. The fraction of sp³-hybridized carbons (Fsp3) is 0.222. The van der Waals surface area contributed by atoms with Gasteiger partial charge in [-0.05, 0) is 42.8 Å². The lowest BCUT2D eigenvalue weighted by Gasteiger charge is -2.19. The van der Waals surface area contributed by atoms with Crippen molar-refractivity contribution < 1.29 is 14.3 Å². The lowest BCUT2D eigenvalue weighted by molar-refractivity contribution is -0.126. The van der Waals surface area contributed by atoms with Crippen molar-refractivity contribution in [3.63, 3.8) is 0 Å². The molecule has 3 rings (SSSR count). The van der Waals surface area contributed by atoms with Crippen molar-refractivity contribution in [3.05, 3.63) is 59.9 Å². The van der Waals surface area contributed by atoms with Gasteiger partial charge in [0.25, 0.3) is 0 Å². The minimum absolute atomic E-state index is 0.0455. The van der Waals surface area contributed by atoms with E-state index in [4.69, 9.17) is 9.47 Å². The van der Waals surface area contributed by atoms with Crippen LogP contribution in [0.2, 0.25) is 0 Å². The number of carbonyl (C=O) groups is 1. The minimum atomic E-state index is -0.0455. The van der Waals surface area contributed by atoms with E-state index in [-0.39, 0.29) is 12.7 Å². The summed E-state index contributed by atoms with van der Waals surface area (Å²) in [7, 11) is 0. The molecule has 0 N–H and O–H groups in total. The van der Waals surface area contributed by atoms with Crippen LogP contribution in [-0.4, -0.2) is 29.1 Å². The maximum Gasteiger partial charge on any atom is 0.246 e. The molecule has 0 bridgehead atoms. The molecule has 0 radical (unpaired) electrons. The quantitative estimate of drug-likeness (QED) is 0.797. The Bertz CT molecular complexity index is 713. The highest BCUT2D eigenvalue weighted by atomic mass is 16.7. The number of amides is 1. The molecule has 0 atom stereocenters. The van der Waals surface area contributed by atoms with E-state index in [1.165, 1.54) is 0 Å². The summed E-state index contributed by atoms with van der Waals surface area (Å²) < 4.78 is 10.7. The van der Waals surface area contributed by atoms with Crippen LogP contribution in [0, 0.1) is 0 Å². The first-order valence-corrected chi connectivity index (χ1v) is 7.53. The van der Waals surface area contributed by atoms with Crippen molar-refractivity contribution in [1.82, 2.24) is 9.88 Å². The van der Waals surface area contributed by atoms with Crippen LogP contribution in [0.25, 0.3) is 6.08 Å². The molecule has 0 unspecified atom stereocenters. The van der Waals surface area contributed by atoms with Gasteiger partial charge in [0.05, 0.1) is 5.69 Å². The topological polar surface area (TPSA) is 51.7 Å². The summed E-state index contributed by atoms with van der Waals surface area (Å²) in [4.78, 5) is 18.3. The molecule has 0 saturated heterocycles. The van der Waals surface area contributed by atoms with Crippen LogP contribution in [0.1, 0.15) is 18.2 Å². The van der Waals surface area contributed by atoms with Gasteiger partial charge in [0, 0.05) is 25.4 Å². The van der Waals surface area contributed by atoms with Gasteiger partial charge in [-0.1, -0.05) is 12.1 Å². The van der Waals surface area contributed by atoms with Crippen molar-refractivity contribution in [2.24, 2.45) is 0 Å². The molecule has 0 spiro atoms. The molecular weight excluding hydrogens is 292 g/mol. The first-order chi connectivity index (χ1) is 11.3. The molecule has 1 aromatic carbocycles. The normalized spacial score (nSPS) is 12.6. The van der Waals surface area contributed by atoms with Crippen LogP contribution < -0.4 is 9.47 Å². The number of pyridine rings is 1. The molecule has 5 nitrogen and oxygen atoms in total. The summed E-state index contributed by atoms with van der Waals surface area (Å²) in [6, 6.07) is 11.3. The van der Waals surface area contributed by atoms with Gasteiger partial charge < -0.3 is 14.4 Å². The molecule has 23 heavy (non-hydrogen) atoms. The molecule has 118 valence electrons. The molecule has 1 aromatic heterocycles. The zero-order chi connectivity index (χ0) is 16.1. The van der Waals surface area contributed by atoms with Crippen molar-refractivity contribution >= 4 is 12.0 Å². The Morgan fingerprint density at radius 3 is 2.91 bits per heavy atom. The highest BCUT2D eigenvalue weighted by Crippen LogP contribution is 2.32. The number of nitrogens with zero attached hydrogens (tertiary/aromatic N) is 2. The number of rotatable bonds is 5. The first kappa shape index (κ1) is 15.1. The number of likely N-dealkylation sites (N-methyl/N-ethyl adjacent to an activating group) is 1. The standard InChI is InChI=1S/C18H18N2O3/c1-2-20(18(21)9-7-15-5-3-4-10-19-15)12-14-6-8-16-17(11-14)23-13-22-16/h3-11H,2,12-13H2,1H3/b9-7+. The van der Waals surface area contributed by atoms with E-state index < -0.39 is 0 Å². The highest BCUT2D eigenvalue weighted by Gasteiger charge is 2.15. The van der Waals surface area contributed by atoms with E-state index in [9.17, 15) is 4.79 Å². The molecular formula is C18H18N2O3. The first-order valence-electron chi connectivity index (χ1n) is 7.53. The Hall–Kier alpha value is -2.82. The van der Waals surface area contributed by atoms with Gasteiger partial charge >= 0.3 is 0 Å². The van der Waals surface area contributed by atoms with Crippen LogP contribution >= 0.6 is 0 Å². The number of carbonyl (C=O) groups excluding carboxylic acids is 1. The Morgan fingerprint density at radius 1 is 1.26 bits per heavy atom. The Balaban J connectivity index is 1.67. The Morgan fingerprint density at radius 2 is 2.13 bits per heavy atom. The highest BCUT2D eigenvalue weighted by molar-refractivity contribution is 5.91. The summed E-state index contributed by atoms with van der Waals surface area (Å²) in [6.07, 6.45) is 4.98. The number of benzene rings is 1. The largest absolute Gasteiger partial charge is 0.454 e.